The van der Waals surface area contributed by atoms with Crippen molar-refractivity contribution in [3.05, 3.63) is 54.5 Å². The Hall–Kier alpha value is -2.70. The van der Waals surface area contributed by atoms with E-state index >= 15 is 0 Å². The predicted octanol–water partition coefficient (Wildman–Crippen LogP) is 5.93. The summed E-state index contributed by atoms with van der Waals surface area (Å²) in [5, 5.41) is 12.6. The smallest absolute Gasteiger partial charge is 0.115 e. The molecule has 1 aliphatic rings. The van der Waals surface area contributed by atoms with Crippen LogP contribution >= 0.6 is 0 Å². The summed E-state index contributed by atoms with van der Waals surface area (Å²) in [5.41, 5.74) is 6.40. The second kappa shape index (κ2) is 12.5. The number of aromatic amines is 1. The molecule has 0 amide bonds. The van der Waals surface area contributed by atoms with Gasteiger partial charge in [-0.15, -0.1) is 0 Å². The molecule has 1 atom stereocenters. The molecule has 6 heteroatoms. The highest BCUT2D eigenvalue weighted by molar-refractivity contribution is 5.92. The number of piperidine rings is 1. The molecule has 194 valence electrons. The van der Waals surface area contributed by atoms with Crippen molar-refractivity contribution in [1.29, 1.82) is 0 Å². The van der Waals surface area contributed by atoms with Crippen LogP contribution in [0, 0.1) is 5.92 Å². The standard InChI is InChI=1S/C30H44N6/c1-6-27(12-15-35(5)20-22(2)3)32-23(4)30-28-17-25(10-11-29(28)33-34-30)26-16-24(18-31-19-26)21-36-13-8-7-9-14-36/h10-11,16-19,22,27,32H,4,6-9,12-15,20-21H2,1-3,5H3,(H,33,34). The molecule has 1 aliphatic heterocycles. The Labute approximate surface area is 217 Å². The first-order valence-corrected chi connectivity index (χ1v) is 13.7. The van der Waals surface area contributed by atoms with Crippen LogP contribution in [0.3, 0.4) is 0 Å². The van der Waals surface area contributed by atoms with Gasteiger partial charge < -0.3 is 10.2 Å². The van der Waals surface area contributed by atoms with Crippen LogP contribution in [-0.4, -0.2) is 64.2 Å². The van der Waals surface area contributed by atoms with E-state index in [1.165, 1.54) is 37.9 Å². The van der Waals surface area contributed by atoms with Crippen LogP contribution in [0.2, 0.25) is 0 Å². The minimum absolute atomic E-state index is 0.373. The van der Waals surface area contributed by atoms with E-state index in [1.54, 1.807) is 0 Å². The highest BCUT2D eigenvalue weighted by atomic mass is 15.1. The van der Waals surface area contributed by atoms with Gasteiger partial charge in [0.25, 0.3) is 0 Å². The third-order valence-electron chi connectivity index (χ3n) is 7.24. The fraction of sp³-hybridized carbons (Fsp3) is 0.533. The molecule has 4 rings (SSSR count). The molecule has 3 heterocycles. The Kier molecular flexibility index (Phi) is 9.16. The number of H-pyrrole nitrogens is 1. The Morgan fingerprint density at radius 2 is 1.94 bits per heavy atom. The maximum Gasteiger partial charge on any atom is 0.115 e. The van der Waals surface area contributed by atoms with Gasteiger partial charge in [-0.1, -0.05) is 39.8 Å². The SMILES string of the molecule is C=C(NC(CC)CCN(C)CC(C)C)c1n[nH]c2ccc(-c3cncc(CN4CCCCC4)c3)cc12. The average Bonchev–Trinajstić information content (AvgIpc) is 3.30. The molecule has 6 nitrogen and oxygen atoms in total. The van der Waals surface area contributed by atoms with Crippen molar-refractivity contribution >= 4 is 16.6 Å². The van der Waals surface area contributed by atoms with Crippen molar-refractivity contribution in [3.63, 3.8) is 0 Å². The Morgan fingerprint density at radius 3 is 2.69 bits per heavy atom. The van der Waals surface area contributed by atoms with Crippen LogP contribution in [-0.2, 0) is 6.54 Å². The largest absolute Gasteiger partial charge is 0.381 e. The van der Waals surface area contributed by atoms with Crippen molar-refractivity contribution in [3.8, 4) is 11.1 Å². The van der Waals surface area contributed by atoms with Gasteiger partial charge >= 0.3 is 0 Å². The number of rotatable bonds is 12. The molecule has 0 saturated carbocycles. The summed E-state index contributed by atoms with van der Waals surface area (Å²) in [4.78, 5) is 9.53. The number of aromatic nitrogens is 3. The maximum absolute atomic E-state index is 4.63. The zero-order chi connectivity index (χ0) is 25.5. The van der Waals surface area contributed by atoms with Gasteiger partial charge in [0.2, 0.25) is 0 Å². The van der Waals surface area contributed by atoms with Gasteiger partial charge in [-0.3, -0.25) is 15.0 Å². The van der Waals surface area contributed by atoms with Crippen molar-refractivity contribution in [2.75, 3.05) is 33.2 Å². The molecule has 0 aliphatic carbocycles. The molecule has 0 spiro atoms. The third kappa shape index (κ3) is 6.95. The first kappa shape index (κ1) is 26.4. The van der Waals surface area contributed by atoms with Gasteiger partial charge in [0.15, 0.2) is 0 Å². The monoisotopic (exact) mass is 488 g/mol. The normalized spacial score (nSPS) is 15.6. The van der Waals surface area contributed by atoms with Crippen LogP contribution in [0.1, 0.15) is 64.1 Å². The van der Waals surface area contributed by atoms with E-state index < -0.39 is 0 Å². The zero-order valence-electron chi connectivity index (χ0n) is 22.7. The summed E-state index contributed by atoms with van der Waals surface area (Å²) in [7, 11) is 2.21. The first-order chi connectivity index (χ1) is 17.4. The summed E-state index contributed by atoms with van der Waals surface area (Å²) >= 11 is 0. The van der Waals surface area contributed by atoms with Crippen LogP contribution in [0.15, 0.2) is 43.2 Å². The molecule has 1 unspecified atom stereocenters. The number of fused-ring (bicyclic) bond motifs is 1. The van der Waals surface area contributed by atoms with Crippen molar-refractivity contribution in [2.24, 2.45) is 5.92 Å². The molecule has 2 N–H and O–H groups in total. The summed E-state index contributed by atoms with van der Waals surface area (Å²) in [5.74, 6) is 0.684. The summed E-state index contributed by atoms with van der Waals surface area (Å²) in [6.07, 6.45) is 10.1. The van der Waals surface area contributed by atoms with Crippen LogP contribution in [0.25, 0.3) is 27.7 Å². The minimum atomic E-state index is 0.373. The van der Waals surface area contributed by atoms with Gasteiger partial charge in [0.05, 0.1) is 11.2 Å². The Bertz CT molecular complexity index is 1130. The molecule has 0 radical (unpaired) electrons. The predicted molar refractivity (Wildman–Crippen MR) is 152 cm³/mol. The van der Waals surface area contributed by atoms with Gasteiger partial charge in [-0.05, 0) is 87.6 Å². The van der Waals surface area contributed by atoms with E-state index in [4.69, 9.17) is 0 Å². The van der Waals surface area contributed by atoms with Crippen LogP contribution < -0.4 is 5.32 Å². The van der Waals surface area contributed by atoms with Gasteiger partial charge in [0.1, 0.15) is 5.69 Å². The summed E-state index contributed by atoms with van der Waals surface area (Å²) in [6, 6.07) is 9.15. The number of nitrogens with zero attached hydrogens (tertiary/aromatic N) is 4. The molecule has 3 aromatic rings. The number of benzene rings is 1. The van der Waals surface area contributed by atoms with Gasteiger partial charge in [-0.25, -0.2) is 0 Å². The maximum atomic E-state index is 4.63. The topological polar surface area (TPSA) is 60.1 Å². The van der Waals surface area contributed by atoms with Crippen LogP contribution in [0.5, 0.6) is 0 Å². The van der Waals surface area contributed by atoms with Gasteiger partial charge in [-0.2, -0.15) is 5.10 Å². The molecule has 0 bridgehead atoms. The average molecular weight is 489 g/mol. The lowest BCUT2D eigenvalue weighted by molar-refractivity contribution is 0.220. The van der Waals surface area contributed by atoms with Crippen molar-refractivity contribution < 1.29 is 0 Å². The molecule has 2 aromatic heterocycles. The fourth-order valence-corrected chi connectivity index (χ4v) is 5.32. The Balaban J connectivity index is 1.47. The lowest BCUT2D eigenvalue weighted by Crippen LogP contribution is -2.33. The molecule has 1 aromatic carbocycles. The van der Waals surface area contributed by atoms with Crippen LogP contribution in [0.4, 0.5) is 0 Å². The lowest BCUT2D eigenvalue weighted by atomic mass is 10.0. The van der Waals surface area contributed by atoms with Gasteiger partial charge in [0, 0.05) is 42.5 Å². The minimum Gasteiger partial charge on any atom is -0.381 e. The van der Waals surface area contributed by atoms with Crippen molar-refractivity contribution in [2.45, 2.75) is 65.5 Å². The second-order valence-corrected chi connectivity index (χ2v) is 10.9. The third-order valence-corrected chi connectivity index (χ3v) is 7.24. The molecule has 36 heavy (non-hydrogen) atoms. The number of nitrogens with one attached hydrogen (secondary N) is 2. The Morgan fingerprint density at radius 1 is 1.14 bits per heavy atom. The number of hydrogen-bond donors (Lipinski definition) is 2. The zero-order valence-corrected chi connectivity index (χ0v) is 22.7. The van der Waals surface area contributed by atoms with E-state index in [2.05, 4.69) is 89.0 Å². The van der Waals surface area contributed by atoms with Crippen molar-refractivity contribution in [1.82, 2.24) is 30.3 Å². The summed E-state index contributed by atoms with van der Waals surface area (Å²) < 4.78 is 0. The first-order valence-electron chi connectivity index (χ1n) is 13.7. The molecule has 1 fully saturated rings. The highest BCUT2D eigenvalue weighted by Crippen LogP contribution is 2.28. The number of likely N-dealkylation sites (tertiary alicyclic amines) is 1. The van der Waals surface area contributed by atoms with E-state index in [0.717, 1.165) is 65.9 Å². The molecular formula is C30H44N6. The highest BCUT2D eigenvalue weighted by Gasteiger charge is 2.16. The lowest BCUT2D eigenvalue weighted by Gasteiger charge is -2.26. The molecular weight excluding hydrogens is 444 g/mol. The van der Waals surface area contributed by atoms with E-state index in [-0.39, 0.29) is 0 Å². The number of pyridine rings is 1. The number of hydrogen-bond acceptors (Lipinski definition) is 5. The van der Waals surface area contributed by atoms with E-state index in [1.807, 2.05) is 12.4 Å². The molecule has 1 saturated heterocycles. The second-order valence-electron chi connectivity index (χ2n) is 10.9. The van der Waals surface area contributed by atoms with E-state index in [0.29, 0.717) is 12.0 Å². The quantitative estimate of drug-likeness (QED) is 0.331. The fourth-order valence-electron chi connectivity index (χ4n) is 5.32. The summed E-state index contributed by atoms with van der Waals surface area (Å²) in [6.45, 7) is 16.7. The van der Waals surface area contributed by atoms with E-state index in [9.17, 15) is 0 Å².